The molecule has 8 N–H and O–H groups in total. The van der Waals surface area contributed by atoms with Crippen LogP contribution in [0, 0.1) is 0 Å². The summed E-state index contributed by atoms with van der Waals surface area (Å²) < 4.78 is 0. The fourth-order valence-corrected chi connectivity index (χ4v) is 4.66. The van der Waals surface area contributed by atoms with E-state index in [1.807, 2.05) is 24.3 Å². The standard InChI is InChI=1S/C24H32N6O6S/c25-15(10-13-11-27-16-5-2-1-4-14(13)16)21(32)29-18(12-37)22(33)28-17(7-8-20(26)31)23(34)30-9-3-6-19(30)24(35)36/h1-2,4-5,11,15,17-19,27,37H,3,6-10,12,25H2,(H2,26,31)(H,28,33)(H,29,32)(H,35,36). The monoisotopic (exact) mass is 532 g/mol. The van der Waals surface area contributed by atoms with Gasteiger partial charge in [0.25, 0.3) is 0 Å². The van der Waals surface area contributed by atoms with Gasteiger partial charge in [-0.3, -0.25) is 19.2 Å². The fraction of sp³-hybridized carbons (Fsp3) is 0.458. The molecule has 0 radical (unpaired) electrons. The van der Waals surface area contributed by atoms with Crippen molar-refractivity contribution >= 4 is 53.1 Å². The number of amides is 4. The number of benzene rings is 1. The molecule has 4 amide bonds. The molecule has 0 saturated carbocycles. The lowest BCUT2D eigenvalue weighted by Crippen LogP contribution is -2.58. The van der Waals surface area contributed by atoms with E-state index in [2.05, 4.69) is 28.2 Å². The number of rotatable bonds is 12. The van der Waals surface area contributed by atoms with Crippen molar-refractivity contribution in [1.29, 1.82) is 0 Å². The van der Waals surface area contributed by atoms with Crippen molar-refractivity contribution in [3.05, 3.63) is 36.0 Å². The number of carbonyl (C=O) groups excluding carboxylic acids is 4. The molecule has 12 nitrogen and oxygen atoms in total. The first-order chi connectivity index (χ1) is 17.6. The summed E-state index contributed by atoms with van der Waals surface area (Å²) in [6.07, 6.45) is 2.48. The molecule has 0 spiro atoms. The van der Waals surface area contributed by atoms with Crippen LogP contribution in [-0.4, -0.2) is 81.1 Å². The molecule has 4 unspecified atom stereocenters. The van der Waals surface area contributed by atoms with Crippen LogP contribution >= 0.6 is 12.6 Å². The molecule has 1 aliphatic rings. The van der Waals surface area contributed by atoms with Crippen molar-refractivity contribution in [2.75, 3.05) is 12.3 Å². The summed E-state index contributed by atoms with van der Waals surface area (Å²) >= 11 is 4.15. The first kappa shape index (κ1) is 28.0. The number of nitrogens with one attached hydrogen (secondary N) is 3. The third-order valence-corrected chi connectivity index (χ3v) is 6.75. The number of para-hydroxylation sites is 1. The Morgan fingerprint density at radius 3 is 2.51 bits per heavy atom. The highest BCUT2D eigenvalue weighted by Gasteiger charge is 2.38. The van der Waals surface area contributed by atoms with Gasteiger partial charge in [0.05, 0.1) is 6.04 Å². The lowest BCUT2D eigenvalue weighted by atomic mass is 10.0. The van der Waals surface area contributed by atoms with Crippen molar-refractivity contribution in [1.82, 2.24) is 20.5 Å². The summed E-state index contributed by atoms with van der Waals surface area (Å²) in [6, 6.07) is 3.30. The molecule has 3 rings (SSSR count). The number of primary amides is 1. The number of thiol groups is 1. The van der Waals surface area contributed by atoms with Gasteiger partial charge in [0, 0.05) is 35.8 Å². The van der Waals surface area contributed by atoms with Gasteiger partial charge in [0.2, 0.25) is 23.6 Å². The van der Waals surface area contributed by atoms with Gasteiger partial charge in [0.1, 0.15) is 18.1 Å². The molecule has 1 aromatic heterocycles. The zero-order chi connectivity index (χ0) is 27.1. The largest absolute Gasteiger partial charge is 0.480 e. The van der Waals surface area contributed by atoms with Gasteiger partial charge in [-0.1, -0.05) is 18.2 Å². The predicted molar refractivity (Wildman–Crippen MR) is 138 cm³/mol. The van der Waals surface area contributed by atoms with Crippen LogP contribution in [0.1, 0.15) is 31.2 Å². The van der Waals surface area contributed by atoms with Crippen LogP contribution in [0.25, 0.3) is 10.9 Å². The third kappa shape index (κ3) is 7.01. The highest BCUT2D eigenvalue weighted by Crippen LogP contribution is 2.20. The maximum Gasteiger partial charge on any atom is 0.326 e. The van der Waals surface area contributed by atoms with Gasteiger partial charge < -0.3 is 37.1 Å². The van der Waals surface area contributed by atoms with Gasteiger partial charge in [-0.2, -0.15) is 12.6 Å². The Kier molecular flexibility index (Phi) is 9.53. The Hall–Kier alpha value is -3.58. The number of fused-ring (bicyclic) bond motifs is 1. The molecule has 1 aliphatic heterocycles. The summed E-state index contributed by atoms with van der Waals surface area (Å²) in [5.41, 5.74) is 13.1. The van der Waals surface area contributed by atoms with E-state index < -0.39 is 53.8 Å². The van der Waals surface area contributed by atoms with Crippen LogP contribution in [0.5, 0.6) is 0 Å². The van der Waals surface area contributed by atoms with E-state index in [4.69, 9.17) is 11.5 Å². The van der Waals surface area contributed by atoms with Crippen LogP contribution in [0.3, 0.4) is 0 Å². The van der Waals surface area contributed by atoms with E-state index in [1.54, 1.807) is 6.20 Å². The van der Waals surface area contributed by atoms with E-state index in [9.17, 15) is 29.1 Å². The summed E-state index contributed by atoms with van der Waals surface area (Å²) in [5, 5.41) is 15.4. The molecule has 4 atom stereocenters. The maximum absolute atomic E-state index is 13.1. The molecule has 1 fully saturated rings. The number of nitrogens with two attached hydrogens (primary N) is 2. The second-order valence-corrected chi connectivity index (χ2v) is 9.37. The number of H-pyrrole nitrogens is 1. The second-order valence-electron chi connectivity index (χ2n) is 9.01. The minimum absolute atomic E-state index is 0.0877. The number of carbonyl (C=O) groups is 5. The highest BCUT2D eigenvalue weighted by molar-refractivity contribution is 7.80. The average Bonchev–Trinajstić information content (AvgIpc) is 3.52. The molecule has 13 heteroatoms. The van der Waals surface area contributed by atoms with Crippen molar-refractivity contribution in [3.63, 3.8) is 0 Å². The number of aliphatic carboxylic acids is 1. The molecule has 200 valence electrons. The van der Waals surface area contributed by atoms with Crippen molar-refractivity contribution in [3.8, 4) is 0 Å². The van der Waals surface area contributed by atoms with E-state index in [0.717, 1.165) is 16.5 Å². The van der Waals surface area contributed by atoms with Gasteiger partial charge in [0.15, 0.2) is 0 Å². The first-order valence-corrected chi connectivity index (χ1v) is 12.6. The number of hydrogen-bond acceptors (Lipinski definition) is 7. The molecule has 1 aromatic carbocycles. The quantitative estimate of drug-likeness (QED) is 0.175. The Bertz CT molecular complexity index is 1170. The Morgan fingerprint density at radius 2 is 1.84 bits per heavy atom. The topological polar surface area (TPSA) is 201 Å². The summed E-state index contributed by atoms with van der Waals surface area (Å²) in [4.78, 5) is 66.0. The van der Waals surface area contributed by atoms with E-state index in [-0.39, 0.29) is 31.6 Å². The van der Waals surface area contributed by atoms with E-state index in [1.165, 1.54) is 4.90 Å². The van der Waals surface area contributed by atoms with Gasteiger partial charge in [-0.25, -0.2) is 4.79 Å². The zero-order valence-electron chi connectivity index (χ0n) is 20.2. The van der Waals surface area contributed by atoms with Crippen molar-refractivity contribution < 1.29 is 29.1 Å². The second kappa shape index (κ2) is 12.6. The summed E-state index contributed by atoms with van der Waals surface area (Å²) in [7, 11) is 0. The number of nitrogens with zero attached hydrogens (tertiary/aromatic N) is 1. The number of carboxylic acid groups (broad SMARTS) is 1. The lowest BCUT2D eigenvalue weighted by molar-refractivity contribution is -0.149. The van der Waals surface area contributed by atoms with Gasteiger partial charge in [-0.15, -0.1) is 0 Å². The normalized spacial score (nSPS) is 17.7. The maximum atomic E-state index is 13.1. The molecular weight excluding hydrogens is 500 g/mol. The fourth-order valence-electron chi connectivity index (χ4n) is 4.41. The van der Waals surface area contributed by atoms with Crippen LogP contribution in [0.4, 0.5) is 0 Å². The minimum atomic E-state index is -1.20. The number of aromatic nitrogens is 1. The van der Waals surface area contributed by atoms with Crippen molar-refractivity contribution in [2.45, 2.75) is 56.3 Å². The van der Waals surface area contributed by atoms with Gasteiger partial charge >= 0.3 is 5.97 Å². The molecular formula is C24H32N6O6S. The number of aromatic amines is 1. The van der Waals surface area contributed by atoms with E-state index >= 15 is 0 Å². The molecule has 2 heterocycles. The van der Waals surface area contributed by atoms with Crippen LogP contribution in [0.15, 0.2) is 30.5 Å². The van der Waals surface area contributed by atoms with Crippen LogP contribution in [0.2, 0.25) is 0 Å². The first-order valence-electron chi connectivity index (χ1n) is 12.0. The zero-order valence-corrected chi connectivity index (χ0v) is 21.1. The number of hydrogen-bond donors (Lipinski definition) is 7. The number of carboxylic acids is 1. The predicted octanol–water partition coefficient (Wildman–Crippen LogP) is -0.722. The highest BCUT2D eigenvalue weighted by atomic mass is 32.1. The molecule has 2 aromatic rings. The van der Waals surface area contributed by atoms with E-state index in [0.29, 0.717) is 12.8 Å². The Labute approximate surface area is 218 Å². The Morgan fingerprint density at radius 1 is 1.14 bits per heavy atom. The number of likely N-dealkylation sites (tertiary alicyclic amines) is 1. The lowest BCUT2D eigenvalue weighted by Gasteiger charge is -2.28. The van der Waals surface area contributed by atoms with Crippen molar-refractivity contribution in [2.24, 2.45) is 11.5 Å². The summed E-state index contributed by atoms with van der Waals surface area (Å²) in [6.45, 7) is 0.216. The molecule has 0 bridgehead atoms. The Balaban J connectivity index is 1.65. The van der Waals surface area contributed by atoms with Crippen LogP contribution < -0.4 is 22.1 Å². The van der Waals surface area contributed by atoms with Gasteiger partial charge in [-0.05, 0) is 37.3 Å². The summed E-state index contributed by atoms with van der Waals surface area (Å²) in [5.74, 6) is -3.82. The minimum Gasteiger partial charge on any atom is -0.480 e. The average molecular weight is 533 g/mol. The molecule has 0 aliphatic carbocycles. The smallest absolute Gasteiger partial charge is 0.326 e. The molecule has 37 heavy (non-hydrogen) atoms. The SMILES string of the molecule is NC(=O)CCC(NC(=O)C(CS)NC(=O)C(N)Cc1c[nH]c2ccccc12)C(=O)N1CCCC1C(=O)O. The van der Waals surface area contributed by atoms with Crippen LogP contribution in [-0.2, 0) is 30.4 Å². The molecule has 1 saturated heterocycles. The third-order valence-electron chi connectivity index (χ3n) is 6.38.